The molecule has 0 aromatic carbocycles. The van der Waals surface area contributed by atoms with Crippen molar-refractivity contribution in [2.75, 3.05) is 24.6 Å². The molecule has 0 saturated carbocycles. The quantitative estimate of drug-likeness (QED) is 0.256. The molecule has 0 aromatic heterocycles. The van der Waals surface area contributed by atoms with Gasteiger partial charge in [0.1, 0.15) is 0 Å². The summed E-state index contributed by atoms with van der Waals surface area (Å²) in [5.41, 5.74) is 13.3. The molecule has 8 heteroatoms. The van der Waals surface area contributed by atoms with Crippen LogP contribution < -0.4 is 0 Å². The van der Waals surface area contributed by atoms with Gasteiger partial charge in [0.2, 0.25) is 0 Å². The van der Waals surface area contributed by atoms with Crippen LogP contribution in [0.25, 0.3) is 0 Å². The second-order valence-electron chi connectivity index (χ2n) is 17.7. The van der Waals surface area contributed by atoms with E-state index in [9.17, 15) is 0 Å². The summed E-state index contributed by atoms with van der Waals surface area (Å²) in [6, 6.07) is -6.47. The Labute approximate surface area is 313 Å². The van der Waals surface area contributed by atoms with E-state index in [-0.39, 0.29) is 21.7 Å². The minimum absolute atomic E-state index is 0.202. The van der Waals surface area contributed by atoms with Crippen molar-refractivity contribution in [1.82, 2.24) is 0 Å². The zero-order valence-corrected chi connectivity index (χ0v) is 39.1. The second-order valence-corrected chi connectivity index (χ2v) is 36.8. The third kappa shape index (κ3) is 3.74. The molecule has 0 N–H and O–H groups in total. The van der Waals surface area contributed by atoms with Crippen LogP contribution in [0.4, 0.5) is 0 Å². The lowest BCUT2D eigenvalue weighted by Gasteiger charge is -2.34. The van der Waals surface area contributed by atoms with Crippen LogP contribution in [0, 0.1) is 21.7 Å². The van der Waals surface area contributed by atoms with Crippen molar-refractivity contribution in [2.24, 2.45) is 21.7 Å². The second kappa shape index (κ2) is 10.2. The monoisotopic (exact) mass is 788 g/mol. The minimum Gasteiger partial charge on any atom is -0.0879 e. The van der Waals surface area contributed by atoms with Gasteiger partial charge in [0.15, 0.2) is 0 Å². The molecule has 0 unspecified atom stereocenters. The fraction of sp³-hybridized carbons (Fsp3) is 0.600. The Bertz CT molecular complexity index is 1910. The Morgan fingerprint density at radius 2 is 0.458 bits per heavy atom. The average Bonchev–Trinajstić information content (AvgIpc) is 3.72. The first-order valence-electron chi connectivity index (χ1n) is 17.7. The molecule has 0 spiro atoms. The van der Waals surface area contributed by atoms with Gasteiger partial charge in [-0.15, -0.1) is 0 Å². The number of hydrogen-bond donors (Lipinski definition) is 0. The fourth-order valence-corrected chi connectivity index (χ4v) is 38.6. The average molecular weight is 789 g/mol. The van der Waals surface area contributed by atoms with Crippen molar-refractivity contribution in [1.29, 1.82) is 0 Å². The first-order valence-corrected chi connectivity index (χ1v) is 29.6. The highest BCUT2D eigenvalue weighted by Gasteiger charge is 2.61. The summed E-state index contributed by atoms with van der Waals surface area (Å²) in [6.07, 6.45) is 4.72. The van der Waals surface area contributed by atoms with Crippen molar-refractivity contribution in [2.45, 2.75) is 111 Å². The Morgan fingerprint density at radius 3 is 0.583 bits per heavy atom. The summed E-state index contributed by atoms with van der Waals surface area (Å²) in [7, 11) is 0. The lowest BCUT2D eigenvalue weighted by Crippen LogP contribution is -2.19. The van der Waals surface area contributed by atoms with Crippen molar-refractivity contribution in [3.05, 3.63) is 87.1 Å². The van der Waals surface area contributed by atoms with Crippen LogP contribution >= 0.6 is 24.2 Å². The number of rotatable bonds is 2. The highest BCUT2D eigenvalue weighted by Crippen LogP contribution is 2.90. The molecule has 0 amide bonds. The van der Waals surface area contributed by atoms with Crippen molar-refractivity contribution < 1.29 is 0 Å². The molecular formula is C40H56P4S4. The lowest BCUT2D eigenvalue weighted by molar-refractivity contribution is 0.557. The van der Waals surface area contributed by atoms with Gasteiger partial charge >= 0.3 is 0 Å². The minimum atomic E-state index is -1.62. The zero-order valence-electron chi connectivity index (χ0n) is 32.3. The highest BCUT2D eigenvalue weighted by molar-refractivity contribution is 8.23. The van der Waals surface area contributed by atoms with Crippen LogP contribution in [0.2, 0.25) is 0 Å². The Kier molecular flexibility index (Phi) is 7.82. The first-order chi connectivity index (χ1) is 21.7. The third-order valence-electron chi connectivity index (χ3n) is 16.4. The van der Waals surface area contributed by atoms with Gasteiger partial charge in [-0.05, 0) is 150 Å². The van der Waals surface area contributed by atoms with E-state index in [1.54, 1.807) is 65.8 Å². The topological polar surface area (TPSA) is 0 Å². The molecule has 0 saturated heterocycles. The standard InChI is InChI=1S/2C20H28P2S2/c2*1-11-15(5)21(23)9-19(11,7)13(3)17(21)18-14(4)20(8)10-22(18,24)16(6)12(20)2/h2*9-10H2,1-8H3/t2*19-,20-,21-,22-/m10/s1. The summed E-state index contributed by atoms with van der Waals surface area (Å²) in [4.78, 5) is 0. The molecule has 0 aliphatic carbocycles. The van der Waals surface area contributed by atoms with E-state index >= 15 is 0 Å². The van der Waals surface area contributed by atoms with E-state index in [4.69, 9.17) is 47.2 Å². The van der Waals surface area contributed by atoms with Gasteiger partial charge in [0.05, 0.1) is 0 Å². The van der Waals surface area contributed by atoms with E-state index in [2.05, 4.69) is 111 Å². The number of hydrogen-bond acceptors (Lipinski definition) is 4. The Hall–Kier alpha value is 0.520. The molecule has 0 radical (unpaired) electrons. The molecule has 8 aliphatic heterocycles. The maximum absolute atomic E-state index is 6.46. The molecule has 8 atom stereocenters. The maximum atomic E-state index is 6.46. The van der Waals surface area contributed by atoms with Crippen LogP contribution in [-0.2, 0) is 47.2 Å². The summed E-state index contributed by atoms with van der Waals surface area (Å²) in [6.45, 7) is 37.7. The summed E-state index contributed by atoms with van der Waals surface area (Å²) >= 11 is 25.8. The lowest BCUT2D eigenvalue weighted by atomic mass is 9.76. The summed E-state index contributed by atoms with van der Waals surface area (Å²) < 4.78 is 0. The highest BCUT2D eigenvalue weighted by atomic mass is 32.5. The predicted molar refractivity (Wildman–Crippen MR) is 233 cm³/mol. The SMILES string of the molecule is CC1=C(C)[P@@]2(=S)C[C@]1(C)C(C)=C2C1=C(C)[C@@]2(C)C[P@]1(=S)C(C)=C2C.CC1=C(C)[P@]2(=S)C[C@@]1(C)C(C)=C2C1=C(C)[C@]2(C)C[P@@]1(=S)C(C)=C2C. The molecular weight excluding hydrogens is 733 g/mol. The van der Waals surface area contributed by atoms with Crippen LogP contribution in [0.3, 0.4) is 0 Å². The van der Waals surface area contributed by atoms with E-state index in [1.165, 1.54) is 45.9 Å². The molecule has 0 fully saturated rings. The third-order valence-corrected chi connectivity index (χ3v) is 38.9. The summed E-state index contributed by atoms with van der Waals surface area (Å²) in [5.74, 6) is 0. The molecule has 8 heterocycles. The molecule has 8 bridgehead atoms. The van der Waals surface area contributed by atoms with Crippen LogP contribution in [0.15, 0.2) is 87.1 Å². The molecule has 0 nitrogen and oxygen atoms in total. The van der Waals surface area contributed by atoms with Gasteiger partial charge in [-0.2, -0.15) is 0 Å². The Balaban J connectivity index is 0.000000152. The van der Waals surface area contributed by atoms with Crippen molar-refractivity contribution >= 4 is 71.4 Å². The normalized spacial score (nSPS) is 47.2. The van der Waals surface area contributed by atoms with Crippen molar-refractivity contribution in [3.63, 3.8) is 0 Å². The molecule has 48 heavy (non-hydrogen) atoms. The van der Waals surface area contributed by atoms with E-state index in [0.717, 1.165) is 0 Å². The molecule has 0 aromatic rings. The number of fused-ring (bicyclic) bond motifs is 8. The van der Waals surface area contributed by atoms with Crippen LogP contribution in [-0.4, -0.2) is 24.6 Å². The first kappa shape index (κ1) is 36.9. The van der Waals surface area contributed by atoms with Gasteiger partial charge in [-0.25, -0.2) is 0 Å². The van der Waals surface area contributed by atoms with Crippen LogP contribution in [0.1, 0.15) is 111 Å². The Morgan fingerprint density at radius 1 is 0.312 bits per heavy atom. The molecule has 8 rings (SSSR count). The van der Waals surface area contributed by atoms with Gasteiger partial charge in [-0.1, -0.05) is 120 Å². The molecule has 8 aliphatic rings. The van der Waals surface area contributed by atoms with Gasteiger partial charge in [-0.3, -0.25) is 0 Å². The van der Waals surface area contributed by atoms with Crippen molar-refractivity contribution in [3.8, 4) is 0 Å². The van der Waals surface area contributed by atoms with Crippen LogP contribution in [0.5, 0.6) is 0 Å². The predicted octanol–water partition coefficient (Wildman–Crippen LogP) is 14.3. The van der Waals surface area contributed by atoms with Gasteiger partial charge in [0.25, 0.3) is 0 Å². The largest absolute Gasteiger partial charge is 0.0879 e. The van der Waals surface area contributed by atoms with E-state index in [0.29, 0.717) is 0 Å². The maximum Gasteiger partial charge on any atom is 0.0155 e. The van der Waals surface area contributed by atoms with Gasteiger partial charge < -0.3 is 0 Å². The van der Waals surface area contributed by atoms with E-state index < -0.39 is 24.2 Å². The zero-order chi connectivity index (χ0) is 36.1. The van der Waals surface area contributed by atoms with Gasteiger partial charge in [0, 0.05) is 45.8 Å². The fourth-order valence-electron chi connectivity index (χ4n) is 11.5. The summed E-state index contributed by atoms with van der Waals surface area (Å²) in [5, 5.41) is 12.5. The molecule has 260 valence electrons. The van der Waals surface area contributed by atoms with E-state index in [1.807, 2.05) is 0 Å². The number of allylic oxidation sites excluding steroid dienone is 16. The smallest absolute Gasteiger partial charge is 0.0155 e.